The summed E-state index contributed by atoms with van der Waals surface area (Å²) in [6.07, 6.45) is 7.72. The van der Waals surface area contributed by atoms with E-state index in [-0.39, 0.29) is 13.1 Å². The summed E-state index contributed by atoms with van der Waals surface area (Å²) in [5, 5.41) is 3.50. The molecule has 9 heteroatoms. The Morgan fingerprint density at radius 3 is 2.58 bits per heavy atom. The van der Waals surface area contributed by atoms with Crippen LogP contribution in [-0.4, -0.2) is 52.4 Å². The molecular formula is C27H37N3O4SSi. The van der Waals surface area contributed by atoms with Crippen molar-refractivity contribution in [2.24, 2.45) is 0 Å². The molecule has 2 saturated heterocycles. The molecule has 1 atom stereocenters. The number of anilines is 1. The fourth-order valence-electron chi connectivity index (χ4n) is 4.38. The van der Waals surface area contributed by atoms with Gasteiger partial charge in [0.1, 0.15) is 18.9 Å². The molecule has 4 rings (SSSR count). The maximum Gasteiger partial charge on any atom is 0.329 e. The van der Waals surface area contributed by atoms with E-state index in [0.717, 1.165) is 34.4 Å². The molecule has 0 bridgehead atoms. The lowest BCUT2D eigenvalue weighted by molar-refractivity contribution is -0.123. The van der Waals surface area contributed by atoms with Crippen LogP contribution in [0.3, 0.4) is 0 Å². The first kappa shape index (κ1) is 26.4. The minimum Gasteiger partial charge on any atom is -0.487 e. The lowest BCUT2D eigenvalue weighted by Crippen LogP contribution is -2.37. The molecule has 2 aliphatic rings. The summed E-state index contributed by atoms with van der Waals surface area (Å²) in [6, 6.07) is 16.3. The Bertz CT molecular complexity index is 1190. The standard InChI is InChI=1S/C27H37N3O4SSi/c1-36(2,3)18-17-29-27(31)20-30(35(29,32)33)25-15-13-22(12-14-24-11-7-8-16-28-24)19-26(25)34-21-23-9-5-4-6-10-23/h4-6,9-10,12-15,19,24,28H,7-8,11,16-18,20-21H2,1-3H3/b14-12+. The van der Waals surface area contributed by atoms with Gasteiger partial charge in [-0.25, -0.2) is 8.61 Å². The van der Waals surface area contributed by atoms with Gasteiger partial charge in [-0.15, -0.1) is 0 Å². The molecule has 0 aliphatic carbocycles. The van der Waals surface area contributed by atoms with Gasteiger partial charge in [0.05, 0.1) is 5.69 Å². The number of carbonyl (C=O) groups is 1. The molecule has 0 saturated carbocycles. The Kier molecular flexibility index (Phi) is 8.22. The van der Waals surface area contributed by atoms with Crippen molar-refractivity contribution in [3.05, 3.63) is 65.7 Å². The Morgan fingerprint density at radius 2 is 1.89 bits per heavy atom. The number of ether oxygens (including phenoxy) is 1. The molecule has 2 fully saturated rings. The molecule has 0 aromatic heterocycles. The van der Waals surface area contributed by atoms with E-state index in [1.807, 2.05) is 48.5 Å². The van der Waals surface area contributed by atoms with Crippen molar-refractivity contribution in [3.8, 4) is 5.75 Å². The molecule has 7 nitrogen and oxygen atoms in total. The molecule has 2 aromatic carbocycles. The smallest absolute Gasteiger partial charge is 0.329 e. The summed E-state index contributed by atoms with van der Waals surface area (Å²) in [5.41, 5.74) is 2.29. The summed E-state index contributed by atoms with van der Waals surface area (Å²) in [6.45, 7) is 7.84. The van der Waals surface area contributed by atoms with E-state index in [9.17, 15) is 13.2 Å². The maximum atomic E-state index is 13.4. The molecule has 36 heavy (non-hydrogen) atoms. The predicted octanol–water partition coefficient (Wildman–Crippen LogP) is 4.65. The van der Waals surface area contributed by atoms with Gasteiger partial charge in [-0.1, -0.05) is 74.6 Å². The Balaban J connectivity index is 1.61. The van der Waals surface area contributed by atoms with E-state index >= 15 is 0 Å². The Morgan fingerprint density at radius 1 is 1.11 bits per heavy atom. The normalized spacial score (nSPS) is 20.3. The second-order valence-electron chi connectivity index (χ2n) is 10.7. The Hall–Kier alpha value is -2.62. The SMILES string of the molecule is C[Si](C)(C)CCN1C(=O)CN(c2ccc(/C=C/C3CCCCN3)cc2OCc2ccccc2)S1(=O)=O. The van der Waals surface area contributed by atoms with Crippen molar-refractivity contribution < 1.29 is 17.9 Å². The summed E-state index contributed by atoms with van der Waals surface area (Å²) >= 11 is 0. The molecule has 2 aromatic rings. The summed E-state index contributed by atoms with van der Waals surface area (Å²) in [5.74, 6) is 0.0515. The van der Waals surface area contributed by atoms with Gasteiger partial charge in [0.15, 0.2) is 0 Å². The average Bonchev–Trinajstić information content (AvgIpc) is 3.08. The minimum atomic E-state index is -3.97. The predicted molar refractivity (Wildman–Crippen MR) is 148 cm³/mol. The van der Waals surface area contributed by atoms with Crippen LogP contribution in [0.15, 0.2) is 54.6 Å². The number of nitrogens with one attached hydrogen (secondary N) is 1. The van der Waals surface area contributed by atoms with Crippen molar-refractivity contribution in [1.29, 1.82) is 0 Å². The van der Waals surface area contributed by atoms with Crippen molar-refractivity contribution >= 4 is 36.0 Å². The van der Waals surface area contributed by atoms with E-state index in [4.69, 9.17) is 4.74 Å². The van der Waals surface area contributed by atoms with Gasteiger partial charge >= 0.3 is 10.2 Å². The highest BCUT2D eigenvalue weighted by atomic mass is 32.2. The first-order chi connectivity index (χ1) is 17.1. The second kappa shape index (κ2) is 11.2. The van der Waals surface area contributed by atoms with Crippen LogP contribution in [0, 0.1) is 0 Å². The van der Waals surface area contributed by atoms with Crippen molar-refractivity contribution in [2.45, 2.75) is 57.6 Å². The molecule has 0 spiro atoms. The first-order valence-corrected chi connectivity index (χ1v) is 17.8. The lowest BCUT2D eigenvalue weighted by Gasteiger charge is -2.24. The van der Waals surface area contributed by atoms with Crippen LogP contribution in [0.25, 0.3) is 6.08 Å². The molecule has 2 aliphatic heterocycles. The van der Waals surface area contributed by atoms with Gasteiger partial charge in [0.2, 0.25) is 0 Å². The number of benzene rings is 2. The highest BCUT2D eigenvalue weighted by molar-refractivity contribution is 7.91. The van der Waals surface area contributed by atoms with E-state index in [2.05, 4.69) is 31.0 Å². The van der Waals surface area contributed by atoms with Crippen molar-refractivity contribution in [3.63, 3.8) is 0 Å². The van der Waals surface area contributed by atoms with Crippen molar-refractivity contribution in [1.82, 2.24) is 9.62 Å². The quantitative estimate of drug-likeness (QED) is 0.480. The zero-order chi connectivity index (χ0) is 25.8. The second-order valence-corrected chi connectivity index (χ2v) is 18.1. The number of piperidine rings is 1. The third-order valence-electron chi connectivity index (χ3n) is 6.54. The third kappa shape index (κ3) is 6.57. The lowest BCUT2D eigenvalue weighted by atomic mass is 10.0. The summed E-state index contributed by atoms with van der Waals surface area (Å²) < 4.78 is 35.3. The van der Waals surface area contributed by atoms with Crippen LogP contribution >= 0.6 is 0 Å². The van der Waals surface area contributed by atoms with Crippen molar-refractivity contribution in [2.75, 3.05) is 23.9 Å². The average molecular weight is 528 g/mol. The molecule has 1 unspecified atom stereocenters. The highest BCUT2D eigenvalue weighted by Crippen LogP contribution is 2.36. The number of amides is 1. The number of hydrogen-bond acceptors (Lipinski definition) is 5. The summed E-state index contributed by atoms with van der Waals surface area (Å²) in [7, 11) is -5.49. The molecule has 194 valence electrons. The number of carbonyl (C=O) groups excluding carboxylic acids is 1. The fourth-order valence-corrected chi connectivity index (χ4v) is 6.98. The van der Waals surface area contributed by atoms with Crippen LogP contribution in [0.1, 0.15) is 30.4 Å². The van der Waals surface area contributed by atoms with E-state index in [0.29, 0.717) is 24.1 Å². The topological polar surface area (TPSA) is 79.0 Å². The van der Waals surface area contributed by atoms with Gasteiger partial charge in [0.25, 0.3) is 5.91 Å². The van der Waals surface area contributed by atoms with E-state index in [1.165, 1.54) is 17.1 Å². The van der Waals surface area contributed by atoms with Gasteiger partial charge in [-0.05, 0) is 48.7 Å². The van der Waals surface area contributed by atoms with Crippen LogP contribution in [-0.2, 0) is 21.6 Å². The summed E-state index contributed by atoms with van der Waals surface area (Å²) in [4.78, 5) is 12.8. The fraction of sp³-hybridized carbons (Fsp3) is 0.444. The van der Waals surface area contributed by atoms with E-state index < -0.39 is 24.2 Å². The number of hydrogen-bond donors (Lipinski definition) is 1. The highest BCUT2D eigenvalue weighted by Gasteiger charge is 2.43. The minimum absolute atomic E-state index is 0.211. The van der Waals surface area contributed by atoms with Gasteiger partial charge in [-0.2, -0.15) is 8.42 Å². The molecule has 0 radical (unpaired) electrons. The van der Waals surface area contributed by atoms with Crippen LogP contribution in [0.4, 0.5) is 5.69 Å². The van der Waals surface area contributed by atoms with Crippen LogP contribution in [0.2, 0.25) is 25.7 Å². The molecular weight excluding hydrogens is 490 g/mol. The molecule has 2 heterocycles. The monoisotopic (exact) mass is 527 g/mol. The molecule has 1 amide bonds. The van der Waals surface area contributed by atoms with Gasteiger partial charge in [-0.3, -0.25) is 4.79 Å². The largest absolute Gasteiger partial charge is 0.487 e. The third-order valence-corrected chi connectivity index (χ3v) is 10.1. The van der Waals surface area contributed by atoms with Gasteiger partial charge < -0.3 is 10.1 Å². The first-order valence-electron chi connectivity index (χ1n) is 12.7. The zero-order valence-electron chi connectivity index (χ0n) is 21.4. The van der Waals surface area contributed by atoms with Gasteiger partial charge in [0, 0.05) is 20.7 Å². The van der Waals surface area contributed by atoms with E-state index in [1.54, 1.807) is 6.07 Å². The number of rotatable bonds is 9. The van der Waals surface area contributed by atoms with Crippen LogP contribution < -0.4 is 14.4 Å². The zero-order valence-corrected chi connectivity index (χ0v) is 23.3. The number of nitrogens with zero attached hydrogens (tertiary/aromatic N) is 2. The van der Waals surface area contributed by atoms with Crippen LogP contribution in [0.5, 0.6) is 5.75 Å². The Labute approximate surface area is 216 Å². The maximum absolute atomic E-state index is 13.4. The molecule has 1 N–H and O–H groups in total.